The van der Waals surface area contributed by atoms with E-state index in [9.17, 15) is 0 Å². The van der Waals surface area contributed by atoms with E-state index in [1.807, 2.05) is 54.6 Å². The van der Waals surface area contributed by atoms with Crippen LogP contribution in [0, 0.1) is 0 Å². The molecule has 1 heterocycles. The van der Waals surface area contributed by atoms with Crippen LogP contribution in [0.25, 0.3) is 0 Å². The van der Waals surface area contributed by atoms with Crippen LogP contribution in [0.5, 0.6) is 11.5 Å². The van der Waals surface area contributed by atoms with E-state index in [1.165, 1.54) is 0 Å². The maximum absolute atomic E-state index is 5.66. The van der Waals surface area contributed by atoms with Crippen LogP contribution < -0.4 is 14.8 Å². The Kier molecular flexibility index (Phi) is 4.36. The number of para-hydroxylation sites is 1. The Morgan fingerprint density at radius 3 is 2.14 bits per heavy atom. The zero-order chi connectivity index (χ0) is 14.3. The molecule has 2 aromatic rings. The predicted octanol–water partition coefficient (Wildman–Crippen LogP) is 2.49. The van der Waals surface area contributed by atoms with Crippen molar-refractivity contribution in [2.75, 3.05) is 26.3 Å². The topological polar surface area (TPSA) is 42.9 Å². The van der Waals surface area contributed by atoms with Crippen molar-refractivity contribution in [3.05, 3.63) is 60.2 Å². The first-order chi connectivity index (χ1) is 10.4. The summed E-state index contributed by atoms with van der Waals surface area (Å²) in [6, 6.07) is 17.7. The van der Waals surface area contributed by atoms with Gasteiger partial charge in [0.15, 0.2) is 0 Å². The Balaban J connectivity index is 1.45. The maximum atomic E-state index is 5.66. The third kappa shape index (κ3) is 3.75. The van der Waals surface area contributed by atoms with Crippen molar-refractivity contribution in [3.63, 3.8) is 0 Å². The average Bonchev–Trinajstić information content (AvgIpc) is 3.08. The molecule has 0 amide bonds. The van der Waals surface area contributed by atoms with Gasteiger partial charge < -0.3 is 14.8 Å². The number of nitrogens with zero attached hydrogens (tertiary/aromatic N) is 1. The van der Waals surface area contributed by atoms with Gasteiger partial charge in [-0.25, -0.2) is 0 Å². The highest BCUT2D eigenvalue weighted by atomic mass is 16.5. The van der Waals surface area contributed by atoms with E-state index < -0.39 is 0 Å². The number of benzene rings is 2. The van der Waals surface area contributed by atoms with Crippen LogP contribution in [0.4, 0.5) is 0 Å². The summed E-state index contributed by atoms with van der Waals surface area (Å²) in [5.74, 6) is 2.67. The smallest absolute Gasteiger partial charge is 0.128 e. The molecule has 1 N–H and O–H groups in total. The number of hydrogen-bond donors (Lipinski definition) is 1. The maximum Gasteiger partial charge on any atom is 0.128 e. The quantitative estimate of drug-likeness (QED) is 0.828. The van der Waals surface area contributed by atoms with Crippen LogP contribution in [0.3, 0.4) is 0 Å². The number of aliphatic imine (C=N–C) groups is 1. The molecular weight excluding hydrogens is 264 g/mol. The second kappa shape index (κ2) is 6.79. The molecule has 0 fully saturated rings. The lowest BCUT2D eigenvalue weighted by molar-refractivity contribution is 0.217. The number of hydrogen-bond acceptors (Lipinski definition) is 4. The molecule has 2 aromatic carbocycles. The molecule has 108 valence electrons. The van der Waals surface area contributed by atoms with Gasteiger partial charge in [-0.05, 0) is 36.4 Å². The van der Waals surface area contributed by atoms with Gasteiger partial charge in [-0.1, -0.05) is 18.2 Å². The molecule has 1 aliphatic heterocycles. The van der Waals surface area contributed by atoms with Gasteiger partial charge in [0.25, 0.3) is 0 Å². The summed E-state index contributed by atoms with van der Waals surface area (Å²) in [6.07, 6.45) is 0. The Labute approximate surface area is 124 Å². The fourth-order valence-electron chi connectivity index (χ4n) is 2.14. The minimum absolute atomic E-state index is 0.521. The second-order valence-electron chi connectivity index (χ2n) is 4.69. The van der Waals surface area contributed by atoms with Gasteiger partial charge in [0.05, 0.1) is 6.54 Å². The Hall–Kier alpha value is -2.49. The Bertz CT molecular complexity index is 594. The molecule has 4 nitrogen and oxygen atoms in total. The minimum atomic E-state index is 0.521. The fraction of sp³-hybridized carbons (Fsp3) is 0.235. The van der Waals surface area contributed by atoms with Gasteiger partial charge in [-0.15, -0.1) is 0 Å². The first kappa shape index (κ1) is 13.5. The normalized spacial score (nSPS) is 13.4. The molecule has 0 aliphatic carbocycles. The van der Waals surface area contributed by atoms with E-state index in [-0.39, 0.29) is 0 Å². The fourth-order valence-corrected chi connectivity index (χ4v) is 2.14. The van der Waals surface area contributed by atoms with Crippen molar-refractivity contribution in [1.82, 2.24) is 5.32 Å². The molecule has 21 heavy (non-hydrogen) atoms. The Morgan fingerprint density at radius 2 is 1.52 bits per heavy atom. The van der Waals surface area contributed by atoms with E-state index in [4.69, 9.17) is 9.47 Å². The summed E-state index contributed by atoms with van der Waals surface area (Å²) < 4.78 is 11.2. The molecular formula is C17H18N2O2. The average molecular weight is 282 g/mol. The Morgan fingerprint density at radius 1 is 0.857 bits per heavy atom. The molecule has 0 atom stereocenters. The number of rotatable bonds is 6. The first-order valence-corrected chi connectivity index (χ1v) is 7.11. The van der Waals surface area contributed by atoms with Crippen LogP contribution in [-0.2, 0) is 0 Å². The molecule has 0 spiro atoms. The second-order valence-corrected chi connectivity index (χ2v) is 4.69. The largest absolute Gasteiger partial charge is 0.490 e. The van der Waals surface area contributed by atoms with Gasteiger partial charge in [-0.3, -0.25) is 4.99 Å². The summed E-state index contributed by atoms with van der Waals surface area (Å²) in [7, 11) is 0. The summed E-state index contributed by atoms with van der Waals surface area (Å²) >= 11 is 0. The lowest BCUT2D eigenvalue weighted by Crippen LogP contribution is -2.19. The summed E-state index contributed by atoms with van der Waals surface area (Å²) in [5, 5.41) is 3.25. The molecule has 1 aliphatic rings. The van der Waals surface area contributed by atoms with Gasteiger partial charge in [-0.2, -0.15) is 0 Å². The predicted molar refractivity (Wildman–Crippen MR) is 83.3 cm³/mol. The van der Waals surface area contributed by atoms with Crippen molar-refractivity contribution in [2.24, 2.45) is 4.99 Å². The first-order valence-electron chi connectivity index (χ1n) is 7.11. The summed E-state index contributed by atoms with van der Waals surface area (Å²) in [5.41, 5.74) is 1.10. The molecule has 0 saturated heterocycles. The number of ether oxygens (including phenoxy) is 2. The van der Waals surface area contributed by atoms with Crippen LogP contribution in [0.15, 0.2) is 59.6 Å². The zero-order valence-electron chi connectivity index (χ0n) is 11.8. The monoisotopic (exact) mass is 282 g/mol. The van der Waals surface area contributed by atoms with Crippen LogP contribution in [-0.4, -0.2) is 32.1 Å². The highest BCUT2D eigenvalue weighted by Crippen LogP contribution is 2.13. The molecule has 3 rings (SSSR count). The molecule has 4 heteroatoms. The summed E-state index contributed by atoms with van der Waals surface area (Å²) in [4.78, 5) is 4.39. The van der Waals surface area contributed by atoms with Crippen molar-refractivity contribution in [3.8, 4) is 11.5 Å². The van der Waals surface area contributed by atoms with E-state index in [0.29, 0.717) is 13.2 Å². The molecule has 0 aromatic heterocycles. The number of amidine groups is 1. The van der Waals surface area contributed by atoms with Gasteiger partial charge in [0, 0.05) is 12.1 Å². The summed E-state index contributed by atoms with van der Waals surface area (Å²) in [6.45, 7) is 2.82. The number of nitrogens with one attached hydrogen (secondary N) is 1. The molecule has 0 bridgehead atoms. The van der Waals surface area contributed by atoms with Gasteiger partial charge >= 0.3 is 0 Å². The lowest BCUT2D eigenvalue weighted by atomic mass is 10.2. The van der Waals surface area contributed by atoms with Crippen LogP contribution in [0.2, 0.25) is 0 Å². The van der Waals surface area contributed by atoms with Gasteiger partial charge in [0.2, 0.25) is 0 Å². The highest BCUT2D eigenvalue weighted by Gasteiger charge is 2.07. The van der Waals surface area contributed by atoms with Crippen molar-refractivity contribution in [1.29, 1.82) is 0 Å². The molecule has 0 unspecified atom stereocenters. The lowest BCUT2D eigenvalue weighted by Gasteiger charge is -2.09. The van der Waals surface area contributed by atoms with E-state index in [0.717, 1.165) is 36.0 Å². The third-order valence-electron chi connectivity index (χ3n) is 3.17. The molecule has 0 saturated carbocycles. The van der Waals surface area contributed by atoms with E-state index >= 15 is 0 Å². The SMILES string of the molecule is c1ccc(OCCOc2ccc(C3=NCCN3)cc2)cc1. The minimum Gasteiger partial charge on any atom is -0.490 e. The van der Waals surface area contributed by atoms with Crippen LogP contribution >= 0.6 is 0 Å². The van der Waals surface area contributed by atoms with Gasteiger partial charge in [0.1, 0.15) is 30.5 Å². The highest BCUT2D eigenvalue weighted by molar-refractivity contribution is 5.99. The van der Waals surface area contributed by atoms with Crippen molar-refractivity contribution < 1.29 is 9.47 Å². The van der Waals surface area contributed by atoms with Crippen molar-refractivity contribution >= 4 is 5.84 Å². The van der Waals surface area contributed by atoms with Crippen LogP contribution in [0.1, 0.15) is 5.56 Å². The third-order valence-corrected chi connectivity index (χ3v) is 3.17. The van der Waals surface area contributed by atoms with Crippen molar-refractivity contribution in [2.45, 2.75) is 0 Å². The zero-order valence-corrected chi connectivity index (χ0v) is 11.8. The van der Waals surface area contributed by atoms with E-state index in [2.05, 4.69) is 10.3 Å². The van der Waals surface area contributed by atoms with E-state index in [1.54, 1.807) is 0 Å². The standard InChI is InChI=1S/C17H18N2O2/c1-2-4-15(5-3-1)20-12-13-21-16-8-6-14(7-9-16)17-18-10-11-19-17/h1-9H,10-13H2,(H,18,19). The molecule has 0 radical (unpaired) electrons.